The van der Waals surface area contributed by atoms with E-state index in [1.54, 1.807) is 24.3 Å². The van der Waals surface area contributed by atoms with Gasteiger partial charge in [-0.05, 0) is 48.7 Å². The lowest BCUT2D eigenvalue weighted by molar-refractivity contribution is -0.136. The van der Waals surface area contributed by atoms with Gasteiger partial charge in [0.05, 0.1) is 0 Å². The number of benzene rings is 2. The maximum atomic E-state index is 12.8. The zero-order valence-electron chi connectivity index (χ0n) is 16.7. The summed E-state index contributed by atoms with van der Waals surface area (Å²) < 4.78 is 0. The molecular formula is C22H20N4O5. The Kier molecular flexibility index (Phi) is 5.24. The average Bonchev–Trinajstić information content (AvgIpc) is 3.03. The van der Waals surface area contributed by atoms with Gasteiger partial charge in [-0.2, -0.15) is 0 Å². The first-order valence-corrected chi connectivity index (χ1v) is 9.78. The summed E-state index contributed by atoms with van der Waals surface area (Å²) in [5.74, 6) is -1.89. The topological polar surface area (TPSA) is 125 Å². The minimum Gasteiger partial charge on any atom is -0.322 e. The molecule has 0 radical (unpaired) electrons. The third-order valence-electron chi connectivity index (χ3n) is 5.29. The molecule has 2 aromatic carbocycles. The molecule has 1 saturated heterocycles. The van der Waals surface area contributed by atoms with E-state index in [1.165, 1.54) is 17.0 Å². The highest BCUT2D eigenvalue weighted by Crippen LogP contribution is 2.28. The summed E-state index contributed by atoms with van der Waals surface area (Å²) in [5, 5.41) is 7.07. The quantitative estimate of drug-likeness (QED) is 0.652. The molecule has 0 aliphatic carbocycles. The van der Waals surface area contributed by atoms with Gasteiger partial charge in [-0.25, -0.2) is 4.79 Å². The third-order valence-corrected chi connectivity index (χ3v) is 5.29. The number of rotatable bonds is 3. The number of fused-ring (bicyclic) bond motifs is 1. The van der Waals surface area contributed by atoms with Crippen LogP contribution in [-0.4, -0.2) is 40.6 Å². The molecular weight excluding hydrogens is 400 g/mol. The molecule has 0 bridgehead atoms. The van der Waals surface area contributed by atoms with Crippen LogP contribution in [0, 0.1) is 6.92 Å². The molecule has 9 nitrogen and oxygen atoms in total. The van der Waals surface area contributed by atoms with Gasteiger partial charge in [-0.15, -0.1) is 0 Å². The lowest BCUT2D eigenvalue weighted by Crippen LogP contribution is -2.52. The number of carbonyl (C=O) groups excluding carboxylic acids is 5. The standard InChI is InChI=1S/C22H20N4O5/c1-12-3-2-4-15(9-12)23-22(31)25-19(28)13-5-6-14-11-26(21(30)16(14)10-13)17-7-8-18(27)24-20(17)29/h2-6,9-10,17H,7-8,11H2,1H3,(H,24,27,29)(H2,23,25,28,31). The second kappa shape index (κ2) is 8.02. The van der Waals surface area contributed by atoms with Gasteiger partial charge in [0.2, 0.25) is 11.8 Å². The zero-order valence-corrected chi connectivity index (χ0v) is 16.7. The molecule has 0 saturated carbocycles. The second-order valence-electron chi connectivity index (χ2n) is 7.55. The predicted molar refractivity (Wildman–Crippen MR) is 110 cm³/mol. The van der Waals surface area contributed by atoms with E-state index in [4.69, 9.17) is 0 Å². The van der Waals surface area contributed by atoms with Crippen molar-refractivity contribution in [1.29, 1.82) is 0 Å². The molecule has 0 spiro atoms. The number of anilines is 1. The normalized spacial score (nSPS) is 17.8. The first kappa shape index (κ1) is 20.3. The molecule has 3 N–H and O–H groups in total. The Hall–Kier alpha value is -4.01. The molecule has 2 aromatic rings. The van der Waals surface area contributed by atoms with Gasteiger partial charge < -0.3 is 10.2 Å². The van der Waals surface area contributed by atoms with E-state index >= 15 is 0 Å². The van der Waals surface area contributed by atoms with Crippen molar-refractivity contribution in [3.63, 3.8) is 0 Å². The summed E-state index contributed by atoms with van der Waals surface area (Å²) in [7, 11) is 0. The second-order valence-corrected chi connectivity index (χ2v) is 7.55. The highest BCUT2D eigenvalue weighted by molar-refractivity contribution is 6.10. The lowest BCUT2D eigenvalue weighted by atomic mass is 10.0. The molecule has 1 fully saturated rings. The van der Waals surface area contributed by atoms with Crippen LogP contribution in [0.5, 0.6) is 0 Å². The van der Waals surface area contributed by atoms with Gasteiger partial charge in [0.15, 0.2) is 0 Å². The highest BCUT2D eigenvalue weighted by Gasteiger charge is 2.39. The summed E-state index contributed by atoms with van der Waals surface area (Å²) in [4.78, 5) is 62.4. The van der Waals surface area contributed by atoms with Crippen LogP contribution in [0.15, 0.2) is 42.5 Å². The van der Waals surface area contributed by atoms with E-state index in [-0.39, 0.29) is 36.8 Å². The van der Waals surface area contributed by atoms with Gasteiger partial charge in [0.25, 0.3) is 11.8 Å². The van der Waals surface area contributed by atoms with Crippen LogP contribution in [0.3, 0.4) is 0 Å². The van der Waals surface area contributed by atoms with Crippen molar-refractivity contribution in [2.24, 2.45) is 0 Å². The number of nitrogens with zero attached hydrogens (tertiary/aromatic N) is 1. The van der Waals surface area contributed by atoms with Gasteiger partial charge >= 0.3 is 6.03 Å². The number of imide groups is 2. The van der Waals surface area contributed by atoms with Crippen molar-refractivity contribution in [3.05, 3.63) is 64.7 Å². The molecule has 2 heterocycles. The first-order valence-electron chi connectivity index (χ1n) is 9.78. The van der Waals surface area contributed by atoms with Crippen LogP contribution in [-0.2, 0) is 16.1 Å². The fourth-order valence-corrected chi connectivity index (χ4v) is 3.76. The van der Waals surface area contributed by atoms with Gasteiger partial charge in [-0.3, -0.25) is 29.8 Å². The smallest absolute Gasteiger partial charge is 0.322 e. The van der Waals surface area contributed by atoms with Gasteiger partial charge in [0, 0.05) is 29.8 Å². The SMILES string of the molecule is Cc1cccc(NC(=O)NC(=O)c2ccc3c(c2)C(=O)N(C2CCC(=O)NC2=O)C3)c1. The number of hydrogen-bond donors (Lipinski definition) is 3. The van der Waals surface area contributed by atoms with Crippen molar-refractivity contribution in [1.82, 2.24) is 15.5 Å². The lowest BCUT2D eigenvalue weighted by Gasteiger charge is -2.29. The Bertz CT molecular complexity index is 1130. The molecule has 158 valence electrons. The maximum absolute atomic E-state index is 12.8. The zero-order chi connectivity index (χ0) is 22.1. The number of hydrogen-bond acceptors (Lipinski definition) is 5. The maximum Gasteiger partial charge on any atom is 0.326 e. The summed E-state index contributed by atoms with van der Waals surface area (Å²) in [5.41, 5.74) is 2.64. The molecule has 31 heavy (non-hydrogen) atoms. The summed E-state index contributed by atoms with van der Waals surface area (Å²) in [6.07, 6.45) is 0.428. The Morgan fingerprint density at radius 3 is 2.65 bits per heavy atom. The minimum absolute atomic E-state index is 0.150. The van der Waals surface area contributed by atoms with Crippen LogP contribution in [0.25, 0.3) is 0 Å². The van der Waals surface area contributed by atoms with Gasteiger partial charge in [0.1, 0.15) is 6.04 Å². The van der Waals surface area contributed by atoms with E-state index in [0.29, 0.717) is 16.8 Å². The van der Waals surface area contributed by atoms with Crippen LogP contribution in [0.4, 0.5) is 10.5 Å². The molecule has 2 aliphatic rings. The predicted octanol–water partition coefficient (Wildman–Crippen LogP) is 1.72. The molecule has 2 aliphatic heterocycles. The third kappa shape index (κ3) is 4.16. The Balaban J connectivity index is 1.44. The van der Waals surface area contributed by atoms with Crippen LogP contribution in [0.2, 0.25) is 0 Å². The van der Waals surface area contributed by atoms with Crippen molar-refractivity contribution in [2.45, 2.75) is 32.4 Å². The highest BCUT2D eigenvalue weighted by atomic mass is 16.2. The summed E-state index contributed by atoms with van der Waals surface area (Å²) in [6, 6.07) is 10.3. The van der Waals surface area contributed by atoms with Crippen LogP contribution in [0.1, 0.15) is 44.7 Å². The van der Waals surface area contributed by atoms with Crippen LogP contribution < -0.4 is 16.0 Å². The number of nitrogens with one attached hydrogen (secondary N) is 3. The van der Waals surface area contributed by atoms with Crippen molar-refractivity contribution >= 4 is 35.3 Å². The average molecular weight is 420 g/mol. The number of urea groups is 1. The molecule has 6 amide bonds. The molecule has 1 atom stereocenters. The number of aryl methyl sites for hydroxylation is 1. The molecule has 9 heteroatoms. The van der Waals surface area contributed by atoms with E-state index in [2.05, 4.69) is 16.0 Å². The van der Waals surface area contributed by atoms with Gasteiger partial charge in [-0.1, -0.05) is 18.2 Å². The largest absolute Gasteiger partial charge is 0.326 e. The summed E-state index contributed by atoms with van der Waals surface area (Å²) in [6.45, 7) is 2.10. The number of amides is 6. The minimum atomic E-state index is -0.727. The molecule has 4 rings (SSSR count). The number of piperidine rings is 1. The number of carbonyl (C=O) groups is 5. The Morgan fingerprint density at radius 1 is 1.10 bits per heavy atom. The van der Waals surface area contributed by atoms with E-state index in [1.807, 2.05) is 13.0 Å². The van der Waals surface area contributed by atoms with E-state index in [0.717, 1.165) is 5.56 Å². The first-order chi connectivity index (χ1) is 14.8. The Labute approximate surface area is 177 Å². The van der Waals surface area contributed by atoms with E-state index in [9.17, 15) is 24.0 Å². The molecule has 0 aromatic heterocycles. The van der Waals surface area contributed by atoms with Crippen LogP contribution >= 0.6 is 0 Å². The Morgan fingerprint density at radius 2 is 1.90 bits per heavy atom. The van der Waals surface area contributed by atoms with Crippen molar-refractivity contribution < 1.29 is 24.0 Å². The fourth-order valence-electron chi connectivity index (χ4n) is 3.76. The monoisotopic (exact) mass is 420 g/mol. The fraction of sp³-hybridized carbons (Fsp3) is 0.227. The molecule has 1 unspecified atom stereocenters. The summed E-state index contributed by atoms with van der Waals surface area (Å²) >= 11 is 0. The van der Waals surface area contributed by atoms with Crippen molar-refractivity contribution in [2.75, 3.05) is 5.32 Å². The van der Waals surface area contributed by atoms with Crippen molar-refractivity contribution in [3.8, 4) is 0 Å². The van der Waals surface area contributed by atoms with E-state index < -0.39 is 23.9 Å².